The average molecular weight is 574 g/mol. The van der Waals surface area contributed by atoms with E-state index in [9.17, 15) is 13.2 Å². The second-order valence-electron chi connectivity index (χ2n) is 12.2. The highest BCUT2D eigenvalue weighted by molar-refractivity contribution is 7.92. The molecule has 3 heterocycles. The molecule has 1 aromatic heterocycles. The van der Waals surface area contributed by atoms with Crippen molar-refractivity contribution in [3.05, 3.63) is 65.2 Å². The fourth-order valence-electron chi connectivity index (χ4n) is 7.08. The number of aryl methyl sites for hydroxylation is 2. The van der Waals surface area contributed by atoms with Crippen LogP contribution in [0.1, 0.15) is 53.6 Å². The molecule has 1 saturated heterocycles. The number of nitrogens with zero attached hydrogens (tertiary/aromatic N) is 4. The number of amides is 1. The van der Waals surface area contributed by atoms with E-state index in [1.807, 2.05) is 32.0 Å². The maximum absolute atomic E-state index is 13.7. The van der Waals surface area contributed by atoms with E-state index in [-0.39, 0.29) is 28.7 Å². The molecule has 3 fully saturated rings. The molecule has 0 unspecified atom stereocenters. The average Bonchev–Trinajstić information content (AvgIpc) is 3.08. The van der Waals surface area contributed by atoms with Crippen molar-refractivity contribution >= 4 is 21.9 Å². The molecule has 0 radical (unpaired) electrons. The van der Waals surface area contributed by atoms with Crippen molar-refractivity contribution in [2.24, 2.45) is 5.41 Å². The number of carbonyl (C=O) groups excluding carboxylic acids is 1. The highest BCUT2D eigenvalue weighted by Crippen LogP contribution is 2.57. The Balaban J connectivity index is 1.31. The van der Waals surface area contributed by atoms with Gasteiger partial charge in [0.15, 0.2) is 0 Å². The van der Waals surface area contributed by atoms with Crippen LogP contribution >= 0.6 is 0 Å². The van der Waals surface area contributed by atoms with Crippen molar-refractivity contribution < 1.29 is 17.9 Å². The van der Waals surface area contributed by atoms with Gasteiger partial charge in [-0.25, -0.2) is 18.1 Å². The van der Waals surface area contributed by atoms with Crippen LogP contribution in [0.15, 0.2) is 53.4 Å². The SMILES string of the molecule is Cc1cccc(C)c1-c1cc2nc(n1)NS(=O)(=O)c1cccc(c1)C(=O)N1CCN(C3CC4(CCC4)C3)C[C@H](C1)O2. The molecule has 2 aliphatic heterocycles. The third-order valence-corrected chi connectivity index (χ3v) is 10.7. The first-order valence-corrected chi connectivity index (χ1v) is 15.9. The summed E-state index contributed by atoms with van der Waals surface area (Å²) in [6.45, 7) is 6.38. The lowest BCUT2D eigenvalue weighted by atomic mass is 9.54. The van der Waals surface area contributed by atoms with E-state index >= 15 is 0 Å². The summed E-state index contributed by atoms with van der Waals surface area (Å²) in [5, 5.41) is 0. The number of carbonyl (C=O) groups is 1. The Morgan fingerprint density at radius 1 is 0.976 bits per heavy atom. The summed E-state index contributed by atoms with van der Waals surface area (Å²) in [4.78, 5) is 27.1. The van der Waals surface area contributed by atoms with Crippen molar-refractivity contribution in [2.75, 3.05) is 30.9 Å². The van der Waals surface area contributed by atoms with Gasteiger partial charge in [0.05, 0.1) is 17.1 Å². The Kier molecular flexibility index (Phi) is 6.31. The number of hydrogen-bond acceptors (Lipinski definition) is 7. The van der Waals surface area contributed by atoms with Gasteiger partial charge in [-0.2, -0.15) is 4.98 Å². The maximum atomic E-state index is 13.7. The quantitative estimate of drug-likeness (QED) is 0.484. The molecule has 7 rings (SSSR count). The van der Waals surface area contributed by atoms with Crippen LogP contribution in [-0.4, -0.2) is 72.4 Å². The molecular weight excluding hydrogens is 538 g/mol. The van der Waals surface area contributed by atoms with E-state index < -0.39 is 10.0 Å². The largest absolute Gasteiger partial charge is 0.471 e. The van der Waals surface area contributed by atoms with Crippen molar-refractivity contribution in [3.8, 4) is 17.1 Å². The van der Waals surface area contributed by atoms with Gasteiger partial charge < -0.3 is 9.64 Å². The lowest BCUT2D eigenvalue weighted by Crippen LogP contribution is -2.55. The molecule has 1 spiro atoms. The molecule has 9 nitrogen and oxygen atoms in total. The second-order valence-corrected chi connectivity index (χ2v) is 13.9. The number of hydrogen-bond donors (Lipinski definition) is 1. The zero-order valence-electron chi connectivity index (χ0n) is 23.5. The number of ether oxygens (including phenoxy) is 1. The predicted octanol–water partition coefficient (Wildman–Crippen LogP) is 4.41. The van der Waals surface area contributed by atoms with Crippen LogP contribution in [-0.2, 0) is 10.0 Å². The monoisotopic (exact) mass is 573 g/mol. The van der Waals surface area contributed by atoms with Crippen LogP contribution < -0.4 is 9.46 Å². The highest BCUT2D eigenvalue weighted by atomic mass is 32.2. The van der Waals surface area contributed by atoms with Gasteiger partial charge in [0.1, 0.15) is 6.10 Å². The van der Waals surface area contributed by atoms with Crippen LogP contribution in [0.2, 0.25) is 0 Å². The topological polar surface area (TPSA) is 105 Å². The minimum atomic E-state index is -4.06. The first kappa shape index (κ1) is 26.4. The summed E-state index contributed by atoms with van der Waals surface area (Å²) in [7, 11) is -4.06. The van der Waals surface area contributed by atoms with Gasteiger partial charge >= 0.3 is 0 Å². The summed E-state index contributed by atoms with van der Waals surface area (Å²) in [6, 6.07) is 14.4. The molecule has 1 N–H and O–H groups in total. The standard InChI is InChI=1S/C31H35N5O4S/c1-20-6-3-7-21(2)28(20)26-15-27-33-30(32-26)34-41(38,39)25-9-4-8-22(14-25)29(37)36-13-12-35(18-24(19-36)40-27)23-16-31(17-23)10-5-11-31/h3-4,6-9,14-15,23-24H,5,10-13,16-19H2,1-2H3,(H,32,33,34)/t24-/m1/s1. The van der Waals surface area contributed by atoms with E-state index in [4.69, 9.17) is 4.74 Å². The molecule has 1 atom stereocenters. The molecule has 2 aromatic carbocycles. The van der Waals surface area contributed by atoms with Gasteiger partial charge in [0.25, 0.3) is 15.9 Å². The molecule has 41 heavy (non-hydrogen) atoms. The number of sulfonamides is 1. The van der Waals surface area contributed by atoms with E-state index in [0.717, 1.165) is 23.2 Å². The lowest BCUT2D eigenvalue weighted by molar-refractivity contribution is -0.0595. The van der Waals surface area contributed by atoms with Gasteiger partial charge in [0.2, 0.25) is 11.8 Å². The summed E-state index contributed by atoms with van der Waals surface area (Å²) in [5.41, 5.74) is 4.39. The number of nitrogens with one attached hydrogen (secondary N) is 1. The maximum Gasteiger partial charge on any atom is 0.264 e. The van der Waals surface area contributed by atoms with Crippen molar-refractivity contribution in [1.29, 1.82) is 0 Å². The first-order chi connectivity index (χ1) is 19.7. The molecule has 6 bridgehead atoms. The minimum Gasteiger partial charge on any atom is -0.471 e. The number of aromatic nitrogens is 2. The van der Waals surface area contributed by atoms with Gasteiger partial charge in [-0.05, 0) is 74.3 Å². The minimum absolute atomic E-state index is 0.0144. The summed E-state index contributed by atoms with van der Waals surface area (Å²) in [6.07, 6.45) is 6.09. The van der Waals surface area contributed by atoms with E-state index in [2.05, 4.69) is 19.6 Å². The van der Waals surface area contributed by atoms with Crippen LogP contribution in [0, 0.1) is 19.3 Å². The zero-order chi connectivity index (χ0) is 28.4. The molecule has 214 valence electrons. The van der Waals surface area contributed by atoms with Crippen LogP contribution in [0.3, 0.4) is 0 Å². The molecular formula is C31H35N5O4S. The first-order valence-electron chi connectivity index (χ1n) is 14.5. The zero-order valence-corrected chi connectivity index (χ0v) is 24.3. The van der Waals surface area contributed by atoms with Gasteiger partial charge in [-0.3, -0.25) is 9.69 Å². The van der Waals surface area contributed by atoms with E-state index in [1.165, 1.54) is 44.2 Å². The summed E-state index contributed by atoms with van der Waals surface area (Å²) in [5.74, 6) is 0.0175. The van der Waals surface area contributed by atoms with Crippen molar-refractivity contribution in [3.63, 3.8) is 0 Å². The van der Waals surface area contributed by atoms with E-state index in [1.54, 1.807) is 23.1 Å². The normalized spacial score (nSPS) is 23.5. The molecule has 2 aliphatic carbocycles. The molecule has 2 saturated carbocycles. The smallest absolute Gasteiger partial charge is 0.264 e. The number of fused-ring (bicyclic) bond motifs is 6. The fraction of sp³-hybridized carbons (Fsp3) is 0.452. The second kappa shape index (κ2) is 9.80. The van der Waals surface area contributed by atoms with Crippen molar-refractivity contribution in [1.82, 2.24) is 19.8 Å². The Hall–Kier alpha value is -3.50. The number of rotatable bonds is 2. The third kappa shape index (κ3) is 4.86. The van der Waals surface area contributed by atoms with Crippen molar-refractivity contribution in [2.45, 2.75) is 63.0 Å². The molecule has 1 amide bonds. The summed E-state index contributed by atoms with van der Waals surface area (Å²) >= 11 is 0. The van der Waals surface area contributed by atoms with Gasteiger partial charge in [-0.1, -0.05) is 30.7 Å². The molecule has 3 aromatic rings. The Morgan fingerprint density at radius 3 is 2.46 bits per heavy atom. The predicted molar refractivity (Wildman–Crippen MR) is 155 cm³/mol. The lowest BCUT2D eigenvalue weighted by Gasteiger charge is -2.57. The van der Waals surface area contributed by atoms with Crippen LogP contribution in [0.25, 0.3) is 11.3 Å². The van der Waals surface area contributed by atoms with E-state index in [0.29, 0.717) is 42.3 Å². The molecule has 4 aliphatic rings. The van der Waals surface area contributed by atoms with Gasteiger partial charge in [0, 0.05) is 42.9 Å². The number of anilines is 1. The fourth-order valence-corrected chi connectivity index (χ4v) is 8.07. The Labute approximate surface area is 241 Å². The Bertz CT molecular complexity index is 1610. The van der Waals surface area contributed by atoms with Gasteiger partial charge in [-0.15, -0.1) is 0 Å². The third-order valence-electron chi connectivity index (χ3n) is 9.42. The number of benzene rings is 2. The molecule has 10 heteroatoms. The van der Waals surface area contributed by atoms with Crippen LogP contribution in [0.4, 0.5) is 5.95 Å². The summed E-state index contributed by atoms with van der Waals surface area (Å²) < 4.78 is 35.9. The highest BCUT2D eigenvalue weighted by Gasteiger charge is 2.50. The van der Waals surface area contributed by atoms with Crippen LogP contribution in [0.5, 0.6) is 5.88 Å². The Morgan fingerprint density at radius 2 is 1.73 bits per heavy atom.